The first kappa shape index (κ1) is 19.1. The maximum absolute atomic E-state index is 13.6. The van der Waals surface area contributed by atoms with E-state index in [0.29, 0.717) is 18.2 Å². The van der Waals surface area contributed by atoms with Crippen LogP contribution < -0.4 is 0 Å². The van der Waals surface area contributed by atoms with Crippen molar-refractivity contribution in [1.82, 2.24) is 0 Å². The number of hydrogen-bond donors (Lipinski definition) is 1. The quantitative estimate of drug-likeness (QED) is 0.588. The molecule has 3 nitrogen and oxygen atoms in total. The molecule has 0 aliphatic heterocycles. The number of ketones is 1. The van der Waals surface area contributed by atoms with Gasteiger partial charge in [0.15, 0.2) is 5.78 Å². The van der Waals surface area contributed by atoms with Crippen LogP contribution in [0.4, 0.5) is 17.6 Å². The van der Waals surface area contributed by atoms with Crippen LogP contribution in [0.1, 0.15) is 49.0 Å². The van der Waals surface area contributed by atoms with Crippen LogP contribution in [0.2, 0.25) is 0 Å². The minimum Gasteiger partial charge on any atom is -0.481 e. The van der Waals surface area contributed by atoms with Crippen molar-refractivity contribution in [1.29, 1.82) is 0 Å². The Morgan fingerprint density at radius 2 is 1.83 bits per heavy atom. The predicted octanol–water partition coefficient (Wildman–Crippen LogP) is 4.55. The molecule has 0 spiro atoms. The third-order valence-corrected chi connectivity index (χ3v) is 3.63. The van der Waals surface area contributed by atoms with Crippen molar-refractivity contribution in [3.05, 3.63) is 35.1 Å². The van der Waals surface area contributed by atoms with Crippen molar-refractivity contribution >= 4 is 11.8 Å². The molecular weight excluding hydrogens is 316 g/mol. The van der Waals surface area contributed by atoms with Crippen LogP contribution in [0.25, 0.3) is 0 Å². The second kappa shape index (κ2) is 7.57. The number of carboxylic acid groups (broad SMARTS) is 1. The van der Waals surface area contributed by atoms with Gasteiger partial charge in [0.2, 0.25) is 0 Å². The van der Waals surface area contributed by atoms with Crippen molar-refractivity contribution in [3.8, 4) is 0 Å². The number of halogens is 4. The second-order valence-electron chi connectivity index (χ2n) is 5.70. The predicted molar refractivity (Wildman–Crippen MR) is 75.5 cm³/mol. The number of aliphatic carboxylic acids is 1. The lowest BCUT2D eigenvalue weighted by molar-refractivity contribution is -0.143. The second-order valence-corrected chi connectivity index (χ2v) is 5.70. The number of carbonyl (C=O) groups excluding carboxylic acids is 1. The molecule has 0 saturated carbocycles. The van der Waals surface area contributed by atoms with Gasteiger partial charge in [-0.1, -0.05) is 13.8 Å². The van der Waals surface area contributed by atoms with Gasteiger partial charge in [0.05, 0.1) is 17.0 Å². The summed E-state index contributed by atoms with van der Waals surface area (Å²) in [7, 11) is 0. The number of benzene rings is 1. The molecule has 0 aliphatic carbocycles. The van der Waals surface area contributed by atoms with E-state index in [0.717, 1.165) is 0 Å². The van der Waals surface area contributed by atoms with E-state index in [-0.39, 0.29) is 25.2 Å². The molecule has 0 radical (unpaired) electrons. The Hall–Kier alpha value is -1.92. The normalized spacial score (nSPS) is 13.2. The Balaban J connectivity index is 2.77. The third-order valence-electron chi connectivity index (χ3n) is 3.63. The monoisotopic (exact) mass is 334 g/mol. The lowest BCUT2D eigenvalue weighted by Gasteiger charge is -2.15. The van der Waals surface area contributed by atoms with Crippen molar-refractivity contribution in [2.75, 3.05) is 0 Å². The molecule has 1 rings (SSSR count). The van der Waals surface area contributed by atoms with E-state index < -0.39 is 40.8 Å². The summed E-state index contributed by atoms with van der Waals surface area (Å²) in [5.74, 6) is -3.54. The van der Waals surface area contributed by atoms with Gasteiger partial charge in [-0.15, -0.1) is 0 Å². The minimum absolute atomic E-state index is 0.132. The zero-order chi connectivity index (χ0) is 17.8. The Kier molecular flexibility index (Phi) is 6.29. The standard InChI is InChI=1S/C16H18F4O3/c1-9(2)11(15(22)23)4-3-5-14(21)12-8-10(16(18,19)20)6-7-13(12)17/h6-9,11H,3-5H2,1-2H3,(H,22,23)/t11-/m1/s1. The molecule has 0 saturated heterocycles. The van der Waals surface area contributed by atoms with E-state index in [1.807, 2.05) is 0 Å². The van der Waals surface area contributed by atoms with Crippen LogP contribution in [0.3, 0.4) is 0 Å². The molecule has 7 heteroatoms. The molecule has 0 heterocycles. The molecule has 0 bridgehead atoms. The average Bonchev–Trinajstić information content (AvgIpc) is 2.41. The number of rotatable bonds is 7. The Morgan fingerprint density at radius 1 is 1.22 bits per heavy atom. The fourth-order valence-electron chi connectivity index (χ4n) is 2.27. The molecule has 128 valence electrons. The summed E-state index contributed by atoms with van der Waals surface area (Å²) in [5, 5.41) is 9.03. The summed E-state index contributed by atoms with van der Waals surface area (Å²) in [6.07, 6.45) is -4.48. The van der Waals surface area contributed by atoms with Crippen molar-refractivity contribution in [3.63, 3.8) is 0 Å². The maximum atomic E-state index is 13.6. The van der Waals surface area contributed by atoms with Crippen LogP contribution in [-0.4, -0.2) is 16.9 Å². The fourth-order valence-corrected chi connectivity index (χ4v) is 2.27. The topological polar surface area (TPSA) is 54.4 Å². The van der Waals surface area contributed by atoms with Gasteiger partial charge in [-0.3, -0.25) is 9.59 Å². The van der Waals surface area contributed by atoms with E-state index in [1.165, 1.54) is 0 Å². The maximum Gasteiger partial charge on any atom is 0.416 e. The number of alkyl halides is 3. The Bertz CT molecular complexity index is 579. The van der Waals surface area contributed by atoms with E-state index in [2.05, 4.69) is 0 Å². The smallest absolute Gasteiger partial charge is 0.416 e. The molecular formula is C16H18F4O3. The van der Waals surface area contributed by atoms with Gasteiger partial charge in [0.25, 0.3) is 0 Å². The van der Waals surface area contributed by atoms with Crippen LogP contribution in [0, 0.1) is 17.7 Å². The molecule has 0 unspecified atom stereocenters. The average molecular weight is 334 g/mol. The van der Waals surface area contributed by atoms with Gasteiger partial charge in [-0.05, 0) is 37.0 Å². The highest BCUT2D eigenvalue weighted by Crippen LogP contribution is 2.31. The first-order valence-electron chi connectivity index (χ1n) is 7.16. The molecule has 1 aromatic rings. The van der Waals surface area contributed by atoms with Crippen LogP contribution in [-0.2, 0) is 11.0 Å². The molecule has 1 aromatic carbocycles. The van der Waals surface area contributed by atoms with Crippen LogP contribution in [0.5, 0.6) is 0 Å². The molecule has 1 N–H and O–H groups in total. The van der Waals surface area contributed by atoms with Gasteiger partial charge >= 0.3 is 12.1 Å². The zero-order valence-electron chi connectivity index (χ0n) is 12.8. The molecule has 1 atom stereocenters. The zero-order valence-corrected chi connectivity index (χ0v) is 12.8. The van der Waals surface area contributed by atoms with Gasteiger partial charge in [0, 0.05) is 6.42 Å². The summed E-state index contributed by atoms with van der Waals surface area (Å²) < 4.78 is 51.4. The van der Waals surface area contributed by atoms with Gasteiger partial charge in [-0.25, -0.2) is 4.39 Å². The third kappa shape index (κ3) is 5.33. The lowest BCUT2D eigenvalue weighted by atomic mass is 9.90. The summed E-state index contributed by atoms with van der Waals surface area (Å²) >= 11 is 0. The number of carboxylic acids is 1. The molecule has 0 aliphatic rings. The fraction of sp³-hybridized carbons (Fsp3) is 0.500. The van der Waals surface area contributed by atoms with Crippen molar-refractivity contribution in [2.45, 2.75) is 39.3 Å². The number of Topliss-reactive ketones (excluding diaryl/α,β-unsaturated/α-hetero) is 1. The van der Waals surface area contributed by atoms with E-state index in [1.54, 1.807) is 13.8 Å². The highest BCUT2D eigenvalue weighted by atomic mass is 19.4. The lowest BCUT2D eigenvalue weighted by Crippen LogP contribution is -2.20. The van der Waals surface area contributed by atoms with Crippen molar-refractivity contribution in [2.24, 2.45) is 11.8 Å². The minimum atomic E-state index is -4.66. The summed E-state index contributed by atoms with van der Waals surface area (Å²) in [6.45, 7) is 3.46. The highest BCUT2D eigenvalue weighted by Gasteiger charge is 2.32. The largest absolute Gasteiger partial charge is 0.481 e. The molecule has 0 fully saturated rings. The summed E-state index contributed by atoms with van der Waals surface area (Å²) in [6, 6.07) is 1.68. The Labute approximate surface area is 131 Å². The highest BCUT2D eigenvalue weighted by molar-refractivity contribution is 5.96. The van der Waals surface area contributed by atoms with Crippen LogP contribution >= 0.6 is 0 Å². The first-order valence-corrected chi connectivity index (χ1v) is 7.16. The summed E-state index contributed by atoms with van der Waals surface area (Å²) in [5.41, 5.74) is -1.70. The number of carbonyl (C=O) groups is 2. The van der Waals surface area contributed by atoms with Gasteiger partial charge in [-0.2, -0.15) is 13.2 Å². The van der Waals surface area contributed by atoms with E-state index in [9.17, 15) is 27.2 Å². The van der Waals surface area contributed by atoms with E-state index >= 15 is 0 Å². The van der Waals surface area contributed by atoms with E-state index in [4.69, 9.17) is 5.11 Å². The summed E-state index contributed by atoms with van der Waals surface area (Å²) in [4.78, 5) is 22.9. The SMILES string of the molecule is CC(C)[C@@H](CCCC(=O)c1cc(C(F)(F)F)ccc1F)C(=O)O. The van der Waals surface area contributed by atoms with Crippen molar-refractivity contribution < 1.29 is 32.3 Å². The van der Waals surface area contributed by atoms with Gasteiger partial charge in [0.1, 0.15) is 5.82 Å². The first-order chi connectivity index (χ1) is 10.5. The molecule has 0 aromatic heterocycles. The van der Waals surface area contributed by atoms with Gasteiger partial charge < -0.3 is 5.11 Å². The Morgan fingerprint density at radius 3 is 2.30 bits per heavy atom. The molecule has 0 amide bonds. The van der Waals surface area contributed by atoms with Crippen LogP contribution in [0.15, 0.2) is 18.2 Å². The number of hydrogen-bond acceptors (Lipinski definition) is 2. The molecule has 23 heavy (non-hydrogen) atoms.